The van der Waals surface area contributed by atoms with Gasteiger partial charge in [0.25, 0.3) is 6.47 Å². The second-order valence-electron chi connectivity index (χ2n) is 8.69. The topological polar surface area (TPSA) is 64.8 Å². The fourth-order valence-corrected chi connectivity index (χ4v) is 4.83. The van der Waals surface area contributed by atoms with Crippen LogP contribution in [-0.2, 0) is 16.1 Å². The molecule has 0 spiro atoms. The highest BCUT2D eigenvalue weighted by atomic mass is 16.5. The maximum Gasteiger partial charge on any atom is 0.298 e. The van der Waals surface area contributed by atoms with Gasteiger partial charge in [-0.05, 0) is 77.9 Å². The van der Waals surface area contributed by atoms with E-state index in [1.54, 1.807) is 0 Å². The van der Waals surface area contributed by atoms with E-state index in [1.807, 2.05) is 43.3 Å². The van der Waals surface area contributed by atoms with Crippen molar-refractivity contribution >= 4 is 17.7 Å². The van der Waals surface area contributed by atoms with Gasteiger partial charge in [0.2, 0.25) is 0 Å². The van der Waals surface area contributed by atoms with E-state index in [9.17, 15) is 4.79 Å². The largest absolute Gasteiger partial charge is 0.428 e. The summed E-state index contributed by atoms with van der Waals surface area (Å²) >= 11 is 0. The second-order valence-corrected chi connectivity index (χ2v) is 8.69. The average Bonchev–Trinajstić information content (AvgIpc) is 2.83. The number of ether oxygens (including phenoxy) is 2. The molecule has 0 aromatic heterocycles. The van der Waals surface area contributed by atoms with Crippen LogP contribution in [0.1, 0.15) is 34.7 Å². The van der Waals surface area contributed by atoms with Gasteiger partial charge in [0.05, 0.1) is 13.2 Å². The molecule has 0 atom stereocenters. The van der Waals surface area contributed by atoms with E-state index in [4.69, 9.17) is 15.2 Å². The predicted molar refractivity (Wildman–Crippen MR) is 138 cm³/mol. The van der Waals surface area contributed by atoms with Gasteiger partial charge in [-0.15, -0.1) is 0 Å². The summed E-state index contributed by atoms with van der Waals surface area (Å²) in [5.74, 6) is 0.549. The molecule has 0 saturated carbocycles. The van der Waals surface area contributed by atoms with Crippen LogP contribution in [0.3, 0.4) is 0 Å². The van der Waals surface area contributed by atoms with E-state index in [2.05, 4.69) is 43.0 Å². The third-order valence-electron chi connectivity index (χ3n) is 6.42. The molecule has 4 rings (SSSR count). The molecule has 0 radical (unpaired) electrons. The van der Waals surface area contributed by atoms with Crippen molar-refractivity contribution < 1.29 is 14.3 Å². The lowest BCUT2D eigenvalue weighted by molar-refractivity contribution is -0.120. The highest BCUT2D eigenvalue weighted by Gasteiger charge is 2.20. The number of carbonyl (C=O) groups is 1. The second kappa shape index (κ2) is 10.7. The normalized spacial score (nSPS) is 14.7. The van der Waals surface area contributed by atoms with Gasteiger partial charge in [-0.3, -0.25) is 9.69 Å². The third kappa shape index (κ3) is 5.06. The number of anilines is 1. The first kappa shape index (κ1) is 23.7. The monoisotopic (exact) mass is 456 g/mol. The minimum atomic E-state index is 0.491. The van der Waals surface area contributed by atoms with Crippen LogP contribution >= 0.6 is 0 Å². The number of benzene rings is 3. The Bertz CT molecular complexity index is 1190. The van der Waals surface area contributed by atoms with E-state index in [0.29, 0.717) is 17.9 Å². The fourth-order valence-electron chi connectivity index (χ4n) is 4.83. The summed E-state index contributed by atoms with van der Waals surface area (Å²) in [5, 5.41) is 0. The summed E-state index contributed by atoms with van der Waals surface area (Å²) in [6.07, 6.45) is 2.04. The Labute approximate surface area is 201 Å². The number of hydrogen-bond donors (Lipinski definition) is 1. The standard InChI is InChI=1S/C29H32N2O3/c1-4-26(24-6-5-7-25(30)17-24)29-21(3)28(20(2)16-27(29)34-19-32)23-10-8-22(9-11-23)18-31-12-14-33-15-13-31/h4-11,16-17,19H,12-15,18,30H2,1-3H3/b26-4-. The Balaban J connectivity index is 1.76. The summed E-state index contributed by atoms with van der Waals surface area (Å²) in [4.78, 5) is 13.8. The lowest BCUT2D eigenvalue weighted by atomic mass is 9.86. The number of allylic oxidation sites excluding steroid dienone is 1. The highest BCUT2D eigenvalue weighted by Crippen LogP contribution is 2.41. The van der Waals surface area contributed by atoms with E-state index in [1.165, 1.54) is 5.56 Å². The van der Waals surface area contributed by atoms with Gasteiger partial charge in [0.1, 0.15) is 5.75 Å². The summed E-state index contributed by atoms with van der Waals surface area (Å²) in [6.45, 7) is 11.1. The molecule has 176 valence electrons. The van der Waals surface area contributed by atoms with Crippen molar-refractivity contribution in [1.29, 1.82) is 0 Å². The molecule has 2 N–H and O–H groups in total. The smallest absolute Gasteiger partial charge is 0.298 e. The van der Waals surface area contributed by atoms with Crippen molar-refractivity contribution in [1.82, 2.24) is 4.90 Å². The van der Waals surface area contributed by atoms with E-state index in [-0.39, 0.29) is 0 Å². The third-order valence-corrected chi connectivity index (χ3v) is 6.42. The molecular weight excluding hydrogens is 424 g/mol. The molecule has 3 aromatic carbocycles. The molecule has 5 nitrogen and oxygen atoms in total. The number of nitrogens with zero attached hydrogens (tertiary/aromatic N) is 1. The van der Waals surface area contributed by atoms with Gasteiger partial charge in [-0.25, -0.2) is 0 Å². The first-order chi connectivity index (χ1) is 16.5. The fraction of sp³-hybridized carbons (Fsp3) is 0.276. The number of morpholine rings is 1. The van der Waals surface area contributed by atoms with Gasteiger partial charge in [0, 0.05) is 30.9 Å². The molecule has 1 aliphatic heterocycles. The van der Waals surface area contributed by atoms with Gasteiger partial charge in [-0.2, -0.15) is 0 Å². The summed E-state index contributed by atoms with van der Waals surface area (Å²) in [6, 6.07) is 18.5. The lowest BCUT2D eigenvalue weighted by Gasteiger charge is -2.26. The molecular formula is C29H32N2O3. The quantitative estimate of drug-likeness (QED) is 0.382. The zero-order valence-electron chi connectivity index (χ0n) is 20.1. The molecule has 3 aromatic rings. The van der Waals surface area contributed by atoms with Crippen molar-refractivity contribution in [3.05, 3.63) is 88.5 Å². The molecule has 0 unspecified atom stereocenters. The van der Waals surface area contributed by atoms with Crippen molar-refractivity contribution in [2.45, 2.75) is 27.3 Å². The van der Waals surface area contributed by atoms with Crippen LogP contribution in [-0.4, -0.2) is 37.7 Å². The van der Waals surface area contributed by atoms with E-state index < -0.39 is 0 Å². The Kier molecular flexibility index (Phi) is 7.46. The Morgan fingerprint density at radius 1 is 1.09 bits per heavy atom. The maximum absolute atomic E-state index is 11.3. The summed E-state index contributed by atoms with van der Waals surface area (Å²) < 4.78 is 10.9. The van der Waals surface area contributed by atoms with Crippen molar-refractivity contribution in [3.63, 3.8) is 0 Å². The number of hydrogen-bond acceptors (Lipinski definition) is 5. The molecule has 0 amide bonds. The number of carbonyl (C=O) groups excluding carboxylic acids is 1. The Morgan fingerprint density at radius 2 is 1.82 bits per heavy atom. The van der Waals surface area contributed by atoms with Gasteiger partial charge >= 0.3 is 0 Å². The number of nitrogens with two attached hydrogens (primary N) is 1. The minimum Gasteiger partial charge on any atom is -0.428 e. The van der Waals surface area contributed by atoms with Gasteiger partial charge in [0.15, 0.2) is 0 Å². The SMILES string of the molecule is C/C=C(/c1cccc(N)c1)c1c(OC=O)cc(C)c(-c2ccc(CN3CCOCC3)cc2)c1C. The number of nitrogen functional groups attached to an aromatic ring is 1. The van der Waals surface area contributed by atoms with Gasteiger partial charge in [-0.1, -0.05) is 42.5 Å². The Morgan fingerprint density at radius 3 is 2.47 bits per heavy atom. The van der Waals surface area contributed by atoms with Crippen LogP contribution in [0.5, 0.6) is 5.75 Å². The Hall–Kier alpha value is -3.41. The van der Waals surface area contributed by atoms with Crippen LogP contribution < -0.4 is 10.5 Å². The minimum absolute atomic E-state index is 0.491. The number of rotatable bonds is 7. The molecule has 1 aliphatic rings. The van der Waals surface area contributed by atoms with Crippen molar-refractivity contribution in [2.24, 2.45) is 0 Å². The van der Waals surface area contributed by atoms with Crippen LogP contribution in [0, 0.1) is 13.8 Å². The first-order valence-corrected chi connectivity index (χ1v) is 11.7. The molecule has 5 heteroatoms. The van der Waals surface area contributed by atoms with Crippen LogP contribution in [0.15, 0.2) is 60.7 Å². The molecule has 1 heterocycles. The maximum atomic E-state index is 11.3. The average molecular weight is 457 g/mol. The molecule has 34 heavy (non-hydrogen) atoms. The zero-order valence-corrected chi connectivity index (χ0v) is 20.1. The molecule has 0 bridgehead atoms. The molecule has 1 fully saturated rings. The van der Waals surface area contributed by atoms with Crippen LogP contribution in [0.25, 0.3) is 16.7 Å². The lowest BCUT2D eigenvalue weighted by Crippen LogP contribution is -2.35. The molecule has 1 saturated heterocycles. The molecule has 0 aliphatic carbocycles. The van der Waals surface area contributed by atoms with Gasteiger partial charge < -0.3 is 15.2 Å². The summed E-state index contributed by atoms with van der Waals surface area (Å²) in [5.41, 5.74) is 15.3. The van der Waals surface area contributed by atoms with Crippen molar-refractivity contribution in [2.75, 3.05) is 32.0 Å². The number of aryl methyl sites for hydroxylation is 1. The highest BCUT2D eigenvalue weighted by molar-refractivity contribution is 5.90. The van der Waals surface area contributed by atoms with Crippen LogP contribution in [0.2, 0.25) is 0 Å². The van der Waals surface area contributed by atoms with Crippen LogP contribution in [0.4, 0.5) is 5.69 Å². The predicted octanol–water partition coefficient (Wildman–Crippen LogP) is 5.37. The summed E-state index contributed by atoms with van der Waals surface area (Å²) in [7, 11) is 0. The first-order valence-electron chi connectivity index (χ1n) is 11.7. The zero-order chi connectivity index (χ0) is 24.1. The van der Waals surface area contributed by atoms with Crippen molar-refractivity contribution in [3.8, 4) is 16.9 Å². The van der Waals surface area contributed by atoms with E-state index in [0.717, 1.165) is 71.8 Å². The van der Waals surface area contributed by atoms with E-state index >= 15 is 0 Å².